The fraction of sp³-hybridized carbons (Fsp3) is 0.375. The molecule has 1 amide bonds. The molecule has 7 heteroatoms. The Morgan fingerprint density at radius 1 is 0.968 bits per heavy atom. The van der Waals surface area contributed by atoms with E-state index in [0.717, 1.165) is 42.4 Å². The minimum atomic E-state index is -1.13. The van der Waals surface area contributed by atoms with Gasteiger partial charge in [0, 0.05) is 31.6 Å². The molecule has 1 fully saturated rings. The zero-order valence-corrected chi connectivity index (χ0v) is 18.0. The first-order chi connectivity index (χ1) is 15.0. The zero-order chi connectivity index (χ0) is 21.8. The van der Waals surface area contributed by atoms with Crippen molar-refractivity contribution in [3.05, 3.63) is 60.2 Å². The summed E-state index contributed by atoms with van der Waals surface area (Å²) in [5, 5.41) is 17.8. The summed E-state index contributed by atoms with van der Waals surface area (Å²) in [4.78, 5) is 23.8. The van der Waals surface area contributed by atoms with Crippen LogP contribution in [-0.4, -0.2) is 47.2 Å². The van der Waals surface area contributed by atoms with Crippen molar-refractivity contribution in [2.24, 2.45) is 0 Å². The van der Waals surface area contributed by atoms with Gasteiger partial charge >= 0.3 is 0 Å². The van der Waals surface area contributed by atoms with Crippen LogP contribution in [-0.2, 0) is 4.79 Å². The number of aliphatic hydroxyl groups excluding tert-OH is 1. The van der Waals surface area contributed by atoms with E-state index in [1.807, 2.05) is 61.5 Å². The number of aromatic nitrogens is 2. The average Bonchev–Trinajstić information content (AvgIpc) is 2.79. The van der Waals surface area contributed by atoms with E-state index >= 15 is 0 Å². The molecule has 1 aromatic heterocycles. The highest BCUT2D eigenvalue weighted by atomic mass is 16.3. The van der Waals surface area contributed by atoms with Crippen LogP contribution < -0.4 is 15.5 Å². The van der Waals surface area contributed by atoms with Crippen molar-refractivity contribution in [3.63, 3.8) is 0 Å². The van der Waals surface area contributed by atoms with Crippen molar-refractivity contribution in [1.82, 2.24) is 15.3 Å². The lowest BCUT2D eigenvalue weighted by Crippen LogP contribution is -2.42. The third-order valence-electron chi connectivity index (χ3n) is 5.78. The maximum absolute atomic E-state index is 12.4. The van der Waals surface area contributed by atoms with Gasteiger partial charge in [0.15, 0.2) is 6.10 Å². The van der Waals surface area contributed by atoms with E-state index in [1.165, 1.54) is 0 Å². The molecule has 162 valence electrons. The van der Waals surface area contributed by atoms with Crippen molar-refractivity contribution in [2.45, 2.75) is 43.9 Å². The molecule has 1 heterocycles. The smallest absolute Gasteiger partial charge is 0.253 e. The standard InChI is InChI=1S/C24H29N5O2/c1-29(2)22-19-10-6-7-11-20(19)27-24(28-22)26-18-14-12-17(13-15-18)25-23(31)21(30)16-8-4-3-5-9-16/h3-11,17-18,21,30H,12-15H2,1-2H3,(H,25,31)(H,26,27,28)/t17?,18?,21-/m0/s1. The molecule has 0 saturated heterocycles. The molecule has 0 unspecified atom stereocenters. The maximum Gasteiger partial charge on any atom is 0.253 e. The van der Waals surface area contributed by atoms with Crippen LogP contribution in [0.25, 0.3) is 10.9 Å². The van der Waals surface area contributed by atoms with Gasteiger partial charge in [0.2, 0.25) is 5.95 Å². The second-order valence-electron chi connectivity index (χ2n) is 8.30. The van der Waals surface area contributed by atoms with Crippen LogP contribution in [0.4, 0.5) is 11.8 Å². The minimum absolute atomic E-state index is 0.0683. The van der Waals surface area contributed by atoms with Crippen LogP contribution in [0.3, 0.4) is 0 Å². The lowest BCUT2D eigenvalue weighted by atomic mass is 9.91. The van der Waals surface area contributed by atoms with E-state index in [1.54, 1.807) is 12.1 Å². The zero-order valence-electron chi connectivity index (χ0n) is 18.0. The molecule has 0 bridgehead atoms. The van der Waals surface area contributed by atoms with Gasteiger partial charge in [0.25, 0.3) is 5.91 Å². The van der Waals surface area contributed by atoms with Gasteiger partial charge in [0.05, 0.1) is 5.52 Å². The van der Waals surface area contributed by atoms with Crippen LogP contribution in [0.1, 0.15) is 37.4 Å². The molecule has 2 aromatic carbocycles. The van der Waals surface area contributed by atoms with Crippen LogP contribution >= 0.6 is 0 Å². The lowest BCUT2D eigenvalue weighted by Gasteiger charge is -2.30. The third kappa shape index (κ3) is 4.94. The van der Waals surface area contributed by atoms with Gasteiger partial charge in [-0.15, -0.1) is 0 Å². The SMILES string of the molecule is CN(C)c1nc(NC2CCC(NC(=O)[C@@H](O)c3ccccc3)CC2)nc2ccccc12. The van der Waals surface area contributed by atoms with Gasteiger partial charge in [0.1, 0.15) is 5.82 Å². The van der Waals surface area contributed by atoms with Crippen LogP contribution in [0.2, 0.25) is 0 Å². The molecule has 0 spiro atoms. The number of fused-ring (bicyclic) bond motifs is 1. The van der Waals surface area contributed by atoms with E-state index in [0.29, 0.717) is 11.5 Å². The lowest BCUT2D eigenvalue weighted by molar-refractivity contribution is -0.130. The Morgan fingerprint density at radius 3 is 2.32 bits per heavy atom. The summed E-state index contributed by atoms with van der Waals surface area (Å²) in [6, 6.07) is 17.4. The summed E-state index contributed by atoms with van der Waals surface area (Å²) in [6.45, 7) is 0. The second-order valence-corrected chi connectivity index (χ2v) is 8.30. The van der Waals surface area contributed by atoms with Gasteiger partial charge < -0.3 is 20.6 Å². The predicted octanol–water partition coefficient (Wildman–Crippen LogP) is 3.27. The minimum Gasteiger partial charge on any atom is -0.378 e. The normalized spacial score (nSPS) is 19.6. The van der Waals surface area contributed by atoms with Gasteiger partial charge in [-0.25, -0.2) is 4.98 Å². The fourth-order valence-corrected chi connectivity index (χ4v) is 4.10. The highest BCUT2D eigenvalue weighted by molar-refractivity contribution is 5.90. The Labute approximate surface area is 182 Å². The summed E-state index contributed by atoms with van der Waals surface area (Å²) in [6.07, 6.45) is 2.37. The molecule has 1 aliphatic carbocycles. The largest absolute Gasteiger partial charge is 0.378 e. The Kier molecular flexibility index (Phi) is 6.32. The van der Waals surface area contributed by atoms with Crippen molar-refractivity contribution in [1.29, 1.82) is 0 Å². The Bertz CT molecular complexity index is 1030. The Morgan fingerprint density at radius 2 is 1.61 bits per heavy atom. The van der Waals surface area contributed by atoms with Crippen LogP contribution in [0.15, 0.2) is 54.6 Å². The molecule has 0 radical (unpaired) electrons. The van der Waals surface area contributed by atoms with Gasteiger partial charge in [-0.05, 0) is 43.4 Å². The molecule has 1 atom stereocenters. The van der Waals surface area contributed by atoms with Crippen molar-refractivity contribution < 1.29 is 9.90 Å². The number of para-hydroxylation sites is 1. The molecular formula is C24H29N5O2. The summed E-state index contributed by atoms with van der Waals surface area (Å²) in [5.74, 6) is 1.19. The summed E-state index contributed by atoms with van der Waals surface area (Å²) >= 11 is 0. The van der Waals surface area contributed by atoms with E-state index < -0.39 is 6.10 Å². The number of carbonyl (C=O) groups excluding carboxylic acids is 1. The van der Waals surface area contributed by atoms with Crippen molar-refractivity contribution in [3.8, 4) is 0 Å². The van der Waals surface area contributed by atoms with Gasteiger partial charge in [-0.3, -0.25) is 4.79 Å². The number of rotatable bonds is 6. The Hall–Kier alpha value is -3.19. The first-order valence-electron chi connectivity index (χ1n) is 10.8. The molecular weight excluding hydrogens is 390 g/mol. The average molecular weight is 420 g/mol. The van der Waals surface area contributed by atoms with Gasteiger partial charge in [-0.1, -0.05) is 42.5 Å². The number of carbonyl (C=O) groups is 1. The first kappa shape index (κ1) is 21.1. The van der Waals surface area contributed by atoms with E-state index in [9.17, 15) is 9.90 Å². The third-order valence-corrected chi connectivity index (χ3v) is 5.78. The number of nitrogens with one attached hydrogen (secondary N) is 2. The molecule has 3 N–H and O–H groups in total. The number of anilines is 2. The molecule has 1 saturated carbocycles. The quantitative estimate of drug-likeness (QED) is 0.568. The topological polar surface area (TPSA) is 90.4 Å². The monoisotopic (exact) mass is 419 g/mol. The maximum atomic E-state index is 12.4. The molecule has 1 aliphatic rings. The summed E-state index contributed by atoms with van der Waals surface area (Å²) < 4.78 is 0. The molecule has 7 nitrogen and oxygen atoms in total. The molecule has 0 aliphatic heterocycles. The van der Waals surface area contributed by atoms with E-state index in [4.69, 9.17) is 4.98 Å². The molecule has 31 heavy (non-hydrogen) atoms. The molecule has 3 aromatic rings. The highest BCUT2D eigenvalue weighted by Gasteiger charge is 2.26. The van der Waals surface area contributed by atoms with E-state index in [2.05, 4.69) is 15.6 Å². The van der Waals surface area contributed by atoms with Gasteiger partial charge in [-0.2, -0.15) is 4.98 Å². The summed E-state index contributed by atoms with van der Waals surface area (Å²) in [7, 11) is 3.96. The number of hydrogen-bond acceptors (Lipinski definition) is 6. The summed E-state index contributed by atoms with van der Waals surface area (Å²) in [5.41, 5.74) is 1.53. The van der Waals surface area contributed by atoms with Crippen LogP contribution in [0, 0.1) is 0 Å². The number of hydrogen-bond donors (Lipinski definition) is 3. The molecule has 4 rings (SSSR count). The number of benzene rings is 2. The number of nitrogens with zero attached hydrogens (tertiary/aromatic N) is 3. The van der Waals surface area contributed by atoms with Crippen molar-refractivity contribution >= 4 is 28.6 Å². The van der Waals surface area contributed by atoms with Crippen molar-refractivity contribution in [2.75, 3.05) is 24.3 Å². The number of amides is 1. The second kappa shape index (κ2) is 9.31. The van der Waals surface area contributed by atoms with E-state index in [-0.39, 0.29) is 18.0 Å². The Balaban J connectivity index is 1.35. The first-order valence-corrected chi connectivity index (χ1v) is 10.8. The fourth-order valence-electron chi connectivity index (χ4n) is 4.10. The van der Waals surface area contributed by atoms with Crippen LogP contribution in [0.5, 0.6) is 0 Å². The highest BCUT2D eigenvalue weighted by Crippen LogP contribution is 2.26. The number of aliphatic hydroxyl groups is 1. The predicted molar refractivity (Wildman–Crippen MR) is 123 cm³/mol.